The highest BCUT2D eigenvalue weighted by Crippen LogP contribution is 2.28. The molecular weight excluding hydrogens is 176 g/mol. The summed E-state index contributed by atoms with van der Waals surface area (Å²) in [5.41, 5.74) is 0.280. The maximum absolute atomic E-state index is 11.6. The normalized spacial score (nSPS) is 19.4. The molecule has 1 rings (SSSR count). The van der Waals surface area contributed by atoms with Crippen LogP contribution in [0, 0.1) is 17.8 Å². The standard InChI is InChI=1S/C11H18N2O/c1-4-6-12-8-10(14)13-7-5-11(2,3)9-13/h1,12H,5-9H2,2-3H3. The minimum atomic E-state index is 0.158. The van der Waals surface area contributed by atoms with Crippen molar-refractivity contribution in [2.75, 3.05) is 26.2 Å². The van der Waals surface area contributed by atoms with E-state index in [1.54, 1.807) is 0 Å². The Morgan fingerprint density at radius 3 is 2.86 bits per heavy atom. The molecule has 0 atom stereocenters. The van der Waals surface area contributed by atoms with Gasteiger partial charge >= 0.3 is 0 Å². The average Bonchev–Trinajstić information content (AvgIpc) is 2.46. The molecule has 1 amide bonds. The summed E-state index contributed by atoms with van der Waals surface area (Å²) in [5.74, 6) is 2.61. The zero-order valence-corrected chi connectivity index (χ0v) is 8.97. The summed E-state index contributed by atoms with van der Waals surface area (Å²) < 4.78 is 0. The number of nitrogens with one attached hydrogen (secondary N) is 1. The molecule has 1 aliphatic heterocycles. The second kappa shape index (κ2) is 4.47. The van der Waals surface area contributed by atoms with Crippen molar-refractivity contribution in [2.24, 2.45) is 5.41 Å². The second-order valence-corrected chi connectivity index (χ2v) is 4.54. The summed E-state index contributed by atoms with van der Waals surface area (Å²) in [6.45, 7) is 6.95. The molecule has 0 unspecified atom stereocenters. The predicted octanol–water partition coefficient (Wildman–Crippen LogP) is 0.468. The summed E-state index contributed by atoms with van der Waals surface area (Å²) in [6, 6.07) is 0. The summed E-state index contributed by atoms with van der Waals surface area (Å²) in [7, 11) is 0. The van der Waals surface area contributed by atoms with E-state index < -0.39 is 0 Å². The lowest BCUT2D eigenvalue weighted by Crippen LogP contribution is -2.37. The first-order valence-electron chi connectivity index (χ1n) is 4.97. The number of likely N-dealkylation sites (tertiary alicyclic amines) is 1. The molecule has 14 heavy (non-hydrogen) atoms. The van der Waals surface area contributed by atoms with Gasteiger partial charge in [-0.2, -0.15) is 0 Å². The number of rotatable bonds is 3. The molecule has 0 bridgehead atoms. The third-order valence-corrected chi connectivity index (χ3v) is 2.53. The Morgan fingerprint density at radius 2 is 2.36 bits per heavy atom. The first-order chi connectivity index (χ1) is 6.55. The van der Waals surface area contributed by atoms with Crippen LogP contribution in [0.2, 0.25) is 0 Å². The summed E-state index contributed by atoms with van der Waals surface area (Å²) in [6.07, 6.45) is 6.17. The van der Waals surface area contributed by atoms with E-state index in [0.29, 0.717) is 13.1 Å². The molecule has 0 aliphatic carbocycles. The molecule has 0 radical (unpaired) electrons. The van der Waals surface area contributed by atoms with Gasteiger partial charge in [-0.3, -0.25) is 10.1 Å². The number of terminal acetylenes is 1. The van der Waals surface area contributed by atoms with E-state index in [1.165, 1.54) is 0 Å². The fraction of sp³-hybridized carbons (Fsp3) is 0.727. The average molecular weight is 194 g/mol. The SMILES string of the molecule is C#CCNCC(=O)N1CCC(C)(C)C1. The lowest BCUT2D eigenvalue weighted by Gasteiger charge is -2.19. The molecule has 1 fully saturated rings. The van der Waals surface area contributed by atoms with Crippen LogP contribution in [0.1, 0.15) is 20.3 Å². The highest BCUT2D eigenvalue weighted by Gasteiger charge is 2.31. The quantitative estimate of drug-likeness (QED) is 0.523. The maximum Gasteiger partial charge on any atom is 0.236 e. The summed E-state index contributed by atoms with van der Waals surface area (Å²) >= 11 is 0. The van der Waals surface area contributed by atoms with Gasteiger partial charge in [0.05, 0.1) is 13.1 Å². The van der Waals surface area contributed by atoms with Crippen LogP contribution >= 0.6 is 0 Å². The van der Waals surface area contributed by atoms with E-state index in [1.807, 2.05) is 4.90 Å². The molecule has 1 heterocycles. The van der Waals surface area contributed by atoms with Crippen molar-refractivity contribution in [2.45, 2.75) is 20.3 Å². The Balaban J connectivity index is 2.30. The minimum absolute atomic E-state index is 0.158. The topological polar surface area (TPSA) is 32.3 Å². The van der Waals surface area contributed by atoms with Gasteiger partial charge in [0.25, 0.3) is 0 Å². The third kappa shape index (κ3) is 3.04. The van der Waals surface area contributed by atoms with Crippen LogP contribution < -0.4 is 5.32 Å². The van der Waals surface area contributed by atoms with E-state index >= 15 is 0 Å². The second-order valence-electron chi connectivity index (χ2n) is 4.54. The molecule has 0 aromatic carbocycles. The van der Waals surface area contributed by atoms with Crippen LogP contribution in [0.15, 0.2) is 0 Å². The van der Waals surface area contributed by atoms with Gasteiger partial charge in [0.1, 0.15) is 0 Å². The van der Waals surface area contributed by atoms with Crippen molar-refractivity contribution < 1.29 is 4.79 Å². The first-order valence-corrected chi connectivity index (χ1v) is 4.97. The molecule has 78 valence electrons. The van der Waals surface area contributed by atoms with Crippen molar-refractivity contribution in [1.82, 2.24) is 10.2 Å². The predicted molar refractivity (Wildman–Crippen MR) is 56.7 cm³/mol. The molecule has 0 saturated carbocycles. The Morgan fingerprint density at radius 1 is 1.64 bits per heavy atom. The Bertz CT molecular complexity index is 253. The van der Waals surface area contributed by atoms with Gasteiger partial charge in [-0.05, 0) is 11.8 Å². The highest BCUT2D eigenvalue weighted by molar-refractivity contribution is 5.78. The number of carbonyl (C=O) groups is 1. The summed E-state index contributed by atoms with van der Waals surface area (Å²) in [4.78, 5) is 13.5. The number of hydrogen-bond donors (Lipinski definition) is 1. The van der Waals surface area contributed by atoms with Gasteiger partial charge in [0.2, 0.25) is 5.91 Å². The van der Waals surface area contributed by atoms with Gasteiger partial charge < -0.3 is 4.90 Å². The van der Waals surface area contributed by atoms with Crippen LogP contribution in [0.5, 0.6) is 0 Å². The zero-order valence-electron chi connectivity index (χ0n) is 8.97. The molecule has 0 aromatic rings. The van der Waals surface area contributed by atoms with E-state index in [0.717, 1.165) is 19.5 Å². The molecule has 1 aliphatic rings. The van der Waals surface area contributed by atoms with Gasteiger partial charge in [-0.1, -0.05) is 19.8 Å². The number of amides is 1. The lowest BCUT2D eigenvalue weighted by molar-refractivity contribution is -0.129. The summed E-state index contributed by atoms with van der Waals surface area (Å²) in [5, 5.41) is 2.91. The third-order valence-electron chi connectivity index (χ3n) is 2.53. The molecule has 3 heteroatoms. The Kier molecular flexibility index (Phi) is 3.54. The monoisotopic (exact) mass is 194 g/mol. The molecule has 1 N–H and O–H groups in total. The number of nitrogens with zero attached hydrogens (tertiary/aromatic N) is 1. The molecule has 3 nitrogen and oxygen atoms in total. The Hall–Kier alpha value is -1.01. The van der Waals surface area contributed by atoms with Crippen LogP contribution in [0.25, 0.3) is 0 Å². The van der Waals surface area contributed by atoms with Crippen LogP contribution in [-0.4, -0.2) is 37.0 Å². The fourth-order valence-electron chi connectivity index (χ4n) is 1.68. The molecule has 0 aromatic heterocycles. The zero-order chi connectivity index (χ0) is 10.6. The van der Waals surface area contributed by atoms with Gasteiger partial charge in [-0.25, -0.2) is 0 Å². The molecular formula is C11H18N2O. The molecule has 1 saturated heterocycles. The van der Waals surface area contributed by atoms with Gasteiger partial charge in [0, 0.05) is 13.1 Å². The molecule has 0 spiro atoms. The largest absolute Gasteiger partial charge is 0.341 e. The van der Waals surface area contributed by atoms with Crippen molar-refractivity contribution in [3.05, 3.63) is 0 Å². The van der Waals surface area contributed by atoms with Crippen molar-refractivity contribution in [3.63, 3.8) is 0 Å². The highest BCUT2D eigenvalue weighted by atomic mass is 16.2. The van der Waals surface area contributed by atoms with Crippen molar-refractivity contribution in [3.8, 4) is 12.3 Å². The fourth-order valence-corrected chi connectivity index (χ4v) is 1.68. The van der Waals surface area contributed by atoms with Crippen LogP contribution in [0.3, 0.4) is 0 Å². The van der Waals surface area contributed by atoms with Gasteiger partial charge in [0.15, 0.2) is 0 Å². The van der Waals surface area contributed by atoms with E-state index in [9.17, 15) is 4.79 Å². The van der Waals surface area contributed by atoms with Crippen molar-refractivity contribution in [1.29, 1.82) is 0 Å². The van der Waals surface area contributed by atoms with E-state index in [4.69, 9.17) is 6.42 Å². The maximum atomic E-state index is 11.6. The number of hydrogen-bond acceptors (Lipinski definition) is 2. The smallest absolute Gasteiger partial charge is 0.236 e. The number of carbonyl (C=O) groups excluding carboxylic acids is 1. The Labute approximate surface area is 85.9 Å². The van der Waals surface area contributed by atoms with Crippen LogP contribution in [-0.2, 0) is 4.79 Å². The van der Waals surface area contributed by atoms with E-state index in [2.05, 4.69) is 25.1 Å². The minimum Gasteiger partial charge on any atom is -0.341 e. The lowest BCUT2D eigenvalue weighted by atomic mass is 9.93. The van der Waals surface area contributed by atoms with Crippen LogP contribution in [0.4, 0.5) is 0 Å². The first kappa shape index (κ1) is 11.1. The van der Waals surface area contributed by atoms with Gasteiger partial charge in [-0.15, -0.1) is 6.42 Å². The van der Waals surface area contributed by atoms with E-state index in [-0.39, 0.29) is 11.3 Å². The van der Waals surface area contributed by atoms with Crippen molar-refractivity contribution >= 4 is 5.91 Å².